The Morgan fingerprint density at radius 2 is 2.00 bits per heavy atom. The largest absolute Gasteiger partial charge is 0.486 e. The number of benzene rings is 1. The van der Waals surface area contributed by atoms with Crippen LogP contribution in [0.3, 0.4) is 0 Å². The molecule has 1 aliphatic rings. The second-order valence-electron chi connectivity index (χ2n) is 3.12. The Morgan fingerprint density at radius 3 is 2.73 bits per heavy atom. The van der Waals surface area contributed by atoms with Gasteiger partial charge in [0.25, 0.3) is 0 Å². The van der Waals surface area contributed by atoms with Gasteiger partial charge in [0.05, 0.1) is 5.75 Å². The van der Waals surface area contributed by atoms with Gasteiger partial charge in [-0.05, 0) is 6.07 Å². The van der Waals surface area contributed by atoms with Gasteiger partial charge in [0, 0.05) is 16.2 Å². The molecule has 1 heterocycles. The normalized spacial score (nSPS) is 15.0. The van der Waals surface area contributed by atoms with Gasteiger partial charge in [-0.15, -0.1) is 0 Å². The summed E-state index contributed by atoms with van der Waals surface area (Å²) in [5, 5.41) is 0. The number of hydrogen-bond acceptors (Lipinski definition) is 4. The van der Waals surface area contributed by atoms with Crippen LogP contribution in [0.1, 0.15) is 5.56 Å². The van der Waals surface area contributed by atoms with Crippen molar-refractivity contribution in [1.82, 2.24) is 0 Å². The predicted octanol–water partition coefficient (Wildman–Crippen LogP) is 1.53. The third-order valence-corrected chi connectivity index (χ3v) is 2.96. The average Bonchev–Trinajstić information content (AvgIpc) is 2.16. The Balaban J connectivity index is 2.39. The molecule has 4 nitrogen and oxygen atoms in total. The molecule has 6 heteroatoms. The van der Waals surface area contributed by atoms with E-state index in [1.165, 1.54) is 0 Å². The molecule has 0 radical (unpaired) electrons. The summed E-state index contributed by atoms with van der Waals surface area (Å²) in [6.45, 7) is 0.899. The highest BCUT2D eigenvalue weighted by atomic mass is 35.7. The van der Waals surface area contributed by atoms with Crippen molar-refractivity contribution in [2.75, 3.05) is 13.2 Å². The van der Waals surface area contributed by atoms with Crippen molar-refractivity contribution in [3.63, 3.8) is 0 Å². The van der Waals surface area contributed by atoms with E-state index in [1.54, 1.807) is 18.2 Å². The number of ether oxygens (including phenoxy) is 2. The van der Waals surface area contributed by atoms with Gasteiger partial charge in [-0.3, -0.25) is 0 Å². The topological polar surface area (TPSA) is 52.6 Å². The number of rotatable bonds is 2. The molecule has 0 fully saturated rings. The van der Waals surface area contributed by atoms with Gasteiger partial charge in [-0.2, -0.15) is 0 Å². The summed E-state index contributed by atoms with van der Waals surface area (Å²) in [6, 6.07) is 5.11. The van der Waals surface area contributed by atoms with Gasteiger partial charge in [-0.25, -0.2) is 8.42 Å². The monoisotopic (exact) mass is 248 g/mol. The molecule has 0 saturated heterocycles. The Labute approximate surface area is 92.2 Å². The maximum absolute atomic E-state index is 11.0. The van der Waals surface area contributed by atoms with Crippen LogP contribution in [0.4, 0.5) is 0 Å². The molecule has 82 valence electrons. The van der Waals surface area contributed by atoms with Crippen LogP contribution in [0, 0.1) is 0 Å². The van der Waals surface area contributed by atoms with E-state index in [0.29, 0.717) is 30.3 Å². The van der Waals surface area contributed by atoms with Crippen molar-refractivity contribution in [2.24, 2.45) is 0 Å². The zero-order chi connectivity index (χ0) is 10.9. The Bertz CT molecular complexity index is 469. The van der Waals surface area contributed by atoms with Crippen LogP contribution in [-0.4, -0.2) is 21.6 Å². The summed E-state index contributed by atoms with van der Waals surface area (Å²) in [5.41, 5.74) is 0.530. The molecular formula is C9H9ClO4S. The first kappa shape index (κ1) is 10.6. The molecule has 1 aromatic rings. The summed E-state index contributed by atoms with van der Waals surface area (Å²) in [5.74, 6) is 0.799. The van der Waals surface area contributed by atoms with Crippen molar-refractivity contribution in [3.05, 3.63) is 23.8 Å². The zero-order valence-corrected chi connectivity index (χ0v) is 9.35. The fourth-order valence-corrected chi connectivity index (χ4v) is 2.38. The number of halogens is 1. The molecule has 0 spiro atoms. The molecule has 0 saturated carbocycles. The minimum Gasteiger partial charge on any atom is -0.486 e. The first-order chi connectivity index (χ1) is 7.06. The molecule has 0 aliphatic carbocycles. The van der Waals surface area contributed by atoms with Gasteiger partial charge in [0.2, 0.25) is 9.05 Å². The molecule has 1 aliphatic heterocycles. The van der Waals surface area contributed by atoms with Crippen LogP contribution >= 0.6 is 10.7 Å². The van der Waals surface area contributed by atoms with E-state index in [2.05, 4.69) is 0 Å². The summed E-state index contributed by atoms with van der Waals surface area (Å²) in [7, 11) is 1.61. The van der Waals surface area contributed by atoms with Gasteiger partial charge < -0.3 is 9.47 Å². The quantitative estimate of drug-likeness (QED) is 0.745. The highest BCUT2D eigenvalue weighted by molar-refractivity contribution is 8.13. The first-order valence-corrected chi connectivity index (χ1v) is 6.84. The van der Waals surface area contributed by atoms with E-state index < -0.39 is 9.05 Å². The van der Waals surface area contributed by atoms with Gasteiger partial charge in [0.1, 0.15) is 13.2 Å². The minimum atomic E-state index is -3.57. The van der Waals surface area contributed by atoms with Crippen molar-refractivity contribution < 1.29 is 17.9 Å². The maximum Gasteiger partial charge on any atom is 0.236 e. The van der Waals surface area contributed by atoms with Crippen LogP contribution in [-0.2, 0) is 14.8 Å². The summed E-state index contributed by atoms with van der Waals surface area (Å²) in [4.78, 5) is 0. The van der Waals surface area contributed by atoms with Crippen LogP contribution in [0.5, 0.6) is 11.5 Å². The fraction of sp³-hybridized carbons (Fsp3) is 0.333. The number of fused-ring (bicyclic) bond motifs is 1. The molecule has 0 unspecified atom stereocenters. The third-order valence-electron chi connectivity index (χ3n) is 1.98. The Morgan fingerprint density at radius 1 is 1.27 bits per heavy atom. The van der Waals surface area contributed by atoms with E-state index in [9.17, 15) is 8.42 Å². The van der Waals surface area contributed by atoms with E-state index in [-0.39, 0.29) is 5.75 Å². The molecular weight excluding hydrogens is 240 g/mol. The van der Waals surface area contributed by atoms with Crippen molar-refractivity contribution in [1.29, 1.82) is 0 Å². The van der Waals surface area contributed by atoms with Gasteiger partial charge in [-0.1, -0.05) is 12.1 Å². The maximum atomic E-state index is 11.0. The van der Waals surface area contributed by atoms with Crippen molar-refractivity contribution in [3.8, 4) is 11.5 Å². The SMILES string of the molecule is O=S(=O)(Cl)Cc1cccc2c1OCCO2. The van der Waals surface area contributed by atoms with E-state index >= 15 is 0 Å². The van der Waals surface area contributed by atoms with Crippen LogP contribution < -0.4 is 9.47 Å². The second-order valence-corrected chi connectivity index (χ2v) is 5.90. The van der Waals surface area contributed by atoms with Gasteiger partial charge in [0.15, 0.2) is 11.5 Å². The van der Waals surface area contributed by atoms with E-state index in [0.717, 1.165) is 0 Å². The van der Waals surface area contributed by atoms with Crippen molar-refractivity contribution >= 4 is 19.7 Å². The fourth-order valence-electron chi connectivity index (χ4n) is 1.43. The molecule has 15 heavy (non-hydrogen) atoms. The Hall–Kier alpha value is -0.940. The van der Waals surface area contributed by atoms with Crippen LogP contribution in [0.2, 0.25) is 0 Å². The van der Waals surface area contributed by atoms with Crippen molar-refractivity contribution in [2.45, 2.75) is 5.75 Å². The van der Waals surface area contributed by atoms with Gasteiger partial charge >= 0.3 is 0 Å². The standard InChI is InChI=1S/C9H9ClO4S/c10-15(11,12)6-7-2-1-3-8-9(7)14-5-4-13-8/h1-3H,4-6H2. The lowest BCUT2D eigenvalue weighted by molar-refractivity contribution is 0.170. The average molecular weight is 249 g/mol. The van der Waals surface area contributed by atoms with E-state index in [4.69, 9.17) is 20.2 Å². The lowest BCUT2D eigenvalue weighted by atomic mass is 10.2. The minimum absolute atomic E-state index is 0.249. The first-order valence-electron chi connectivity index (χ1n) is 4.36. The van der Waals surface area contributed by atoms with Crippen LogP contribution in [0.25, 0.3) is 0 Å². The number of para-hydroxylation sites is 1. The molecule has 0 N–H and O–H groups in total. The molecule has 0 bridgehead atoms. The Kier molecular flexibility index (Phi) is 2.75. The molecule has 0 amide bonds. The highest BCUT2D eigenvalue weighted by Gasteiger charge is 2.18. The highest BCUT2D eigenvalue weighted by Crippen LogP contribution is 2.34. The van der Waals surface area contributed by atoms with Crippen LogP contribution in [0.15, 0.2) is 18.2 Å². The molecule has 0 aromatic heterocycles. The predicted molar refractivity (Wildman–Crippen MR) is 55.9 cm³/mol. The lowest BCUT2D eigenvalue weighted by Crippen LogP contribution is -2.16. The lowest BCUT2D eigenvalue weighted by Gasteiger charge is -2.20. The summed E-state index contributed by atoms with van der Waals surface area (Å²) < 4.78 is 32.6. The third kappa shape index (κ3) is 2.54. The number of hydrogen-bond donors (Lipinski definition) is 0. The molecule has 1 aromatic carbocycles. The smallest absolute Gasteiger partial charge is 0.236 e. The molecule has 2 rings (SSSR count). The summed E-state index contributed by atoms with van der Waals surface area (Å²) >= 11 is 0. The second kappa shape index (κ2) is 3.90. The van der Waals surface area contributed by atoms with E-state index in [1.807, 2.05) is 0 Å². The summed E-state index contributed by atoms with van der Waals surface area (Å²) in [6.07, 6.45) is 0. The molecule has 0 atom stereocenters. The zero-order valence-electron chi connectivity index (χ0n) is 7.77.